The highest BCUT2D eigenvalue weighted by Gasteiger charge is 2.21. The summed E-state index contributed by atoms with van der Waals surface area (Å²) in [4.78, 5) is 14.0. The van der Waals surface area contributed by atoms with Gasteiger partial charge in [0, 0.05) is 31.6 Å². The molecule has 0 bridgehead atoms. The van der Waals surface area contributed by atoms with Crippen molar-refractivity contribution in [2.24, 2.45) is 0 Å². The zero-order valence-corrected chi connectivity index (χ0v) is 10.9. The summed E-state index contributed by atoms with van der Waals surface area (Å²) in [6.45, 7) is 6.63. The lowest BCUT2D eigenvalue weighted by molar-refractivity contribution is -0.121. The molecular weight excluding hydrogens is 214 g/mol. The van der Waals surface area contributed by atoms with E-state index in [-0.39, 0.29) is 5.91 Å². The Bertz CT molecular complexity index is 251. The van der Waals surface area contributed by atoms with Gasteiger partial charge in [0.05, 0.1) is 0 Å². The lowest BCUT2D eigenvalue weighted by Gasteiger charge is -2.26. The standard InChI is InChI=1S/C13H25N3O/c1-11(16-7-2-3-8-16)10-15-12-5-4-6-14-13(17)9-12/h11-12,15H,2-10H2,1H3,(H,14,17). The van der Waals surface area contributed by atoms with Crippen molar-refractivity contribution < 1.29 is 4.79 Å². The van der Waals surface area contributed by atoms with Crippen LogP contribution in [0.1, 0.15) is 39.0 Å². The third-order valence-electron chi connectivity index (χ3n) is 3.95. The fraction of sp³-hybridized carbons (Fsp3) is 0.923. The number of nitrogens with one attached hydrogen (secondary N) is 2. The first-order valence-electron chi connectivity index (χ1n) is 7.00. The molecule has 17 heavy (non-hydrogen) atoms. The fourth-order valence-corrected chi connectivity index (χ4v) is 2.80. The summed E-state index contributed by atoms with van der Waals surface area (Å²) in [7, 11) is 0. The first-order chi connectivity index (χ1) is 8.25. The first kappa shape index (κ1) is 12.8. The fourth-order valence-electron chi connectivity index (χ4n) is 2.80. The third kappa shape index (κ3) is 3.96. The van der Waals surface area contributed by atoms with Crippen LogP contribution in [0.4, 0.5) is 0 Å². The normalized spacial score (nSPS) is 28.8. The van der Waals surface area contributed by atoms with Gasteiger partial charge in [-0.3, -0.25) is 9.69 Å². The molecule has 2 fully saturated rings. The molecule has 0 spiro atoms. The largest absolute Gasteiger partial charge is 0.356 e. The molecule has 0 radical (unpaired) electrons. The molecule has 2 N–H and O–H groups in total. The molecule has 2 aliphatic heterocycles. The van der Waals surface area contributed by atoms with Crippen LogP contribution in [-0.2, 0) is 4.79 Å². The molecular formula is C13H25N3O. The minimum atomic E-state index is 0.203. The molecule has 2 aliphatic rings. The summed E-state index contributed by atoms with van der Waals surface area (Å²) in [6.07, 6.45) is 5.55. The molecule has 4 nitrogen and oxygen atoms in total. The van der Waals surface area contributed by atoms with Crippen LogP contribution in [0.5, 0.6) is 0 Å². The molecule has 0 aromatic heterocycles. The van der Waals surface area contributed by atoms with E-state index in [4.69, 9.17) is 0 Å². The van der Waals surface area contributed by atoms with Gasteiger partial charge in [-0.1, -0.05) is 0 Å². The summed E-state index contributed by atoms with van der Waals surface area (Å²) >= 11 is 0. The minimum Gasteiger partial charge on any atom is -0.356 e. The van der Waals surface area contributed by atoms with E-state index in [0.29, 0.717) is 18.5 Å². The Morgan fingerprint density at radius 1 is 1.41 bits per heavy atom. The number of hydrogen-bond donors (Lipinski definition) is 2. The molecule has 0 aliphatic carbocycles. The monoisotopic (exact) mass is 239 g/mol. The Morgan fingerprint density at radius 2 is 2.18 bits per heavy atom. The Kier molecular flexibility index (Phi) is 4.80. The average molecular weight is 239 g/mol. The number of likely N-dealkylation sites (tertiary alicyclic amines) is 1. The van der Waals surface area contributed by atoms with Gasteiger partial charge in [0.25, 0.3) is 0 Å². The number of nitrogens with zero attached hydrogens (tertiary/aromatic N) is 1. The molecule has 2 saturated heterocycles. The molecule has 4 heteroatoms. The molecule has 2 atom stereocenters. The van der Waals surface area contributed by atoms with E-state index < -0.39 is 0 Å². The summed E-state index contributed by atoms with van der Waals surface area (Å²) < 4.78 is 0. The van der Waals surface area contributed by atoms with Gasteiger partial charge in [-0.2, -0.15) is 0 Å². The van der Waals surface area contributed by atoms with Crippen LogP contribution in [0.25, 0.3) is 0 Å². The summed E-state index contributed by atoms with van der Waals surface area (Å²) in [5.74, 6) is 0.203. The molecule has 2 unspecified atom stereocenters. The van der Waals surface area contributed by atoms with Crippen LogP contribution >= 0.6 is 0 Å². The zero-order chi connectivity index (χ0) is 12.1. The van der Waals surface area contributed by atoms with Crippen LogP contribution in [0.3, 0.4) is 0 Å². The highest BCUT2D eigenvalue weighted by molar-refractivity contribution is 5.76. The first-order valence-corrected chi connectivity index (χ1v) is 7.00. The van der Waals surface area contributed by atoms with Crippen LogP contribution in [0.15, 0.2) is 0 Å². The number of hydrogen-bond acceptors (Lipinski definition) is 3. The number of carbonyl (C=O) groups excluding carboxylic acids is 1. The Balaban J connectivity index is 1.70. The second-order valence-electron chi connectivity index (χ2n) is 5.39. The van der Waals surface area contributed by atoms with Gasteiger partial charge in [-0.05, 0) is 45.7 Å². The third-order valence-corrected chi connectivity index (χ3v) is 3.95. The lowest BCUT2D eigenvalue weighted by atomic mass is 10.1. The van der Waals surface area contributed by atoms with E-state index in [0.717, 1.165) is 25.9 Å². The maximum atomic E-state index is 11.4. The second-order valence-corrected chi connectivity index (χ2v) is 5.39. The van der Waals surface area contributed by atoms with Gasteiger partial charge in [-0.15, -0.1) is 0 Å². The highest BCUT2D eigenvalue weighted by Crippen LogP contribution is 2.12. The predicted octanol–water partition coefficient (Wildman–Crippen LogP) is 0.729. The van der Waals surface area contributed by atoms with Crippen molar-refractivity contribution in [1.29, 1.82) is 0 Å². The Morgan fingerprint density at radius 3 is 2.94 bits per heavy atom. The van der Waals surface area contributed by atoms with Gasteiger partial charge in [-0.25, -0.2) is 0 Å². The van der Waals surface area contributed by atoms with Crippen molar-refractivity contribution in [3.8, 4) is 0 Å². The average Bonchev–Trinajstić information content (AvgIpc) is 2.77. The molecule has 0 aromatic rings. The van der Waals surface area contributed by atoms with E-state index in [2.05, 4.69) is 22.5 Å². The van der Waals surface area contributed by atoms with Crippen molar-refractivity contribution in [1.82, 2.24) is 15.5 Å². The van der Waals surface area contributed by atoms with Gasteiger partial charge in [0.2, 0.25) is 5.91 Å². The molecule has 2 heterocycles. The molecule has 1 amide bonds. The van der Waals surface area contributed by atoms with E-state index >= 15 is 0 Å². The summed E-state index contributed by atoms with van der Waals surface area (Å²) in [6, 6.07) is 0.978. The Labute approximate surface area is 104 Å². The smallest absolute Gasteiger partial charge is 0.221 e. The van der Waals surface area contributed by atoms with Crippen LogP contribution < -0.4 is 10.6 Å². The maximum absolute atomic E-state index is 11.4. The Hall–Kier alpha value is -0.610. The van der Waals surface area contributed by atoms with Crippen LogP contribution in [-0.4, -0.2) is 49.1 Å². The SMILES string of the molecule is CC(CNC1CCCNC(=O)C1)N1CCCC1. The van der Waals surface area contributed by atoms with E-state index in [1.54, 1.807) is 0 Å². The molecule has 0 saturated carbocycles. The highest BCUT2D eigenvalue weighted by atomic mass is 16.1. The minimum absolute atomic E-state index is 0.203. The quantitative estimate of drug-likeness (QED) is 0.760. The topological polar surface area (TPSA) is 44.4 Å². The van der Waals surface area contributed by atoms with Gasteiger partial charge in [0.15, 0.2) is 0 Å². The summed E-state index contributed by atoms with van der Waals surface area (Å²) in [5, 5.41) is 6.49. The van der Waals surface area contributed by atoms with Gasteiger partial charge >= 0.3 is 0 Å². The number of carbonyl (C=O) groups is 1. The van der Waals surface area contributed by atoms with Gasteiger partial charge < -0.3 is 10.6 Å². The van der Waals surface area contributed by atoms with Crippen molar-refractivity contribution in [3.05, 3.63) is 0 Å². The second kappa shape index (κ2) is 6.36. The molecule has 2 rings (SSSR count). The molecule has 0 aromatic carbocycles. The van der Waals surface area contributed by atoms with Crippen molar-refractivity contribution in [2.75, 3.05) is 26.2 Å². The summed E-state index contributed by atoms with van der Waals surface area (Å²) in [5.41, 5.74) is 0. The van der Waals surface area contributed by atoms with E-state index in [9.17, 15) is 4.79 Å². The number of amides is 1. The van der Waals surface area contributed by atoms with Gasteiger partial charge in [0.1, 0.15) is 0 Å². The lowest BCUT2D eigenvalue weighted by Crippen LogP contribution is -2.43. The number of rotatable bonds is 4. The van der Waals surface area contributed by atoms with Crippen LogP contribution in [0, 0.1) is 0 Å². The van der Waals surface area contributed by atoms with Crippen LogP contribution in [0.2, 0.25) is 0 Å². The maximum Gasteiger partial charge on any atom is 0.221 e. The van der Waals surface area contributed by atoms with E-state index in [1.807, 2.05) is 0 Å². The molecule has 98 valence electrons. The van der Waals surface area contributed by atoms with E-state index in [1.165, 1.54) is 25.9 Å². The van der Waals surface area contributed by atoms with Crippen molar-refractivity contribution >= 4 is 5.91 Å². The predicted molar refractivity (Wildman–Crippen MR) is 68.9 cm³/mol. The zero-order valence-electron chi connectivity index (χ0n) is 10.9. The van der Waals surface area contributed by atoms with Crippen molar-refractivity contribution in [3.63, 3.8) is 0 Å². The van der Waals surface area contributed by atoms with Crippen molar-refractivity contribution in [2.45, 2.75) is 51.1 Å².